The van der Waals surface area contributed by atoms with Crippen LogP contribution in [0.5, 0.6) is 0 Å². The zero-order valence-corrected chi connectivity index (χ0v) is 14.1. The predicted molar refractivity (Wildman–Crippen MR) is 91.5 cm³/mol. The van der Waals surface area contributed by atoms with E-state index in [1.54, 1.807) is 6.20 Å². The lowest BCUT2D eigenvalue weighted by molar-refractivity contribution is 0.830. The standard InChI is InChI=1S/C10H12N4.C7H13N/c1-3-9-11-6-7-14(9)10-5-4-8(2)12-13-10;1-4-6-8-7(3)5-2/h4-7H,3H2,1-2H3;4,6H,5H2,1-3H3/b;6-4-,8-7?. The molecule has 0 spiro atoms. The molecule has 0 radical (unpaired) electrons. The second kappa shape index (κ2) is 9.60. The van der Waals surface area contributed by atoms with Crippen molar-refractivity contribution in [3.8, 4) is 5.82 Å². The molecule has 5 heteroatoms. The smallest absolute Gasteiger partial charge is 0.160 e. The van der Waals surface area contributed by atoms with E-state index in [2.05, 4.69) is 34.0 Å². The van der Waals surface area contributed by atoms with Crippen molar-refractivity contribution < 1.29 is 0 Å². The average Bonchev–Trinajstić information content (AvgIpc) is 3.02. The van der Waals surface area contributed by atoms with E-state index in [-0.39, 0.29) is 0 Å². The van der Waals surface area contributed by atoms with Crippen LogP contribution in [0, 0.1) is 6.92 Å². The third-order valence-corrected chi connectivity index (χ3v) is 3.02. The average molecular weight is 299 g/mol. The van der Waals surface area contributed by atoms with Crippen LogP contribution in [-0.4, -0.2) is 25.5 Å². The van der Waals surface area contributed by atoms with Gasteiger partial charge in [0.05, 0.1) is 5.69 Å². The third kappa shape index (κ3) is 5.60. The van der Waals surface area contributed by atoms with Crippen LogP contribution >= 0.6 is 0 Å². The van der Waals surface area contributed by atoms with Gasteiger partial charge in [-0.1, -0.05) is 19.9 Å². The van der Waals surface area contributed by atoms with Gasteiger partial charge < -0.3 is 0 Å². The second-order valence-corrected chi connectivity index (χ2v) is 4.80. The van der Waals surface area contributed by atoms with Gasteiger partial charge in [-0.3, -0.25) is 9.56 Å². The topological polar surface area (TPSA) is 56.0 Å². The second-order valence-electron chi connectivity index (χ2n) is 4.80. The quantitative estimate of drug-likeness (QED) is 0.804. The number of allylic oxidation sites excluding steroid dienone is 1. The zero-order valence-electron chi connectivity index (χ0n) is 14.1. The first-order valence-electron chi connectivity index (χ1n) is 7.59. The van der Waals surface area contributed by atoms with Gasteiger partial charge in [0, 0.05) is 30.7 Å². The van der Waals surface area contributed by atoms with Crippen LogP contribution in [0.1, 0.15) is 45.6 Å². The molecule has 22 heavy (non-hydrogen) atoms. The minimum Gasteiger partial charge on any atom is -0.286 e. The molecule has 0 bridgehead atoms. The predicted octanol–water partition coefficient (Wildman–Crippen LogP) is 3.92. The summed E-state index contributed by atoms with van der Waals surface area (Å²) < 4.78 is 1.95. The van der Waals surface area contributed by atoms with E-state index in [0.717, 1.165) is 30.2 Å². The Bertz CT molecular complexity index is 608. The van der Waals surface area contributed by atoms with Crippen molar-refractivity contribution >= 4 is 5.71 Å². The summed E-state index contributed by atoms with van der Waals surface area (Å²) >= 11 is 0. The summed E-state index contributed by atoms with van der Waals surface area (Å²) in [7, 11) is 0. The summed E-state index contributed by atoms with van der Waals surface area (Å²) in [4.78, 5) is 8.33. The Balaban J connectivity index is 0.000000261. The molecule has 118 valence electrons. The molecular formula is C17H25N5. The molecule has 2 aromatic rings. The molecule has 2 aromatic heterocycles. The molecule has 0 amide bonds. The number of rotatable bonds is 4. The van der Waals surface area contributed by atoms with Crippen LogP contribution in [0.25, 0.3) is 5.82 Å². The van der Waals surface area contributed by atoms with E-state index in [0.29, 0.717) is 0 Å². The highest BCUT2D eigenvalue weighted by molar-refractivity contribution is 5.82. The van der Waals surface area contributed by atoms with Crippen molar-refractivity contribution in [2.75, 3.05) is 0 Å². The molecule has 0 aliphatic carbocycles. The van der Waals surface area contributed by atoms with Crippen LogP contribution in [0.3, 0.4) is 0 Å². The molecule has 0 aliphatic rings. The monoisotopic (exact) mass is 299 g/mol. The van der Waals surface area contributed by atoms with Crippen LogP contribution in [0.2, 0.25) is 0 Å². The lowest BCUT2D eigenvalue weighted by atomic mass is 10.3. The van der Waals surface area contributed by atoms with E-state index < -0.39 is 0 Å². The van der Waals surface area contributed by atoms with Crippen molar-refractivity contribution in [2.24, 2.45) is 4.99 Å². The van der Waals surface area contributed by atoms with Crippen molar-refractivity contribution in [2.45, 2.75) is 47.5 Å². The lowest BCUT2D eigenvalue weighted by Crippen LogP contribution is -2.02. The molecule has 0 atom stereocenters. The Morgan fingerprint density at radius 3 is 2.59 bits per heavy atom. The molecule has 0 saturated carbocycles. The zero-order chi connectivity index (χ0) is 16.4. The fourth-order valence-electron chi connectivity index (χ4n) is 1.62. The highest BCUT2D eigenvalue weighted by atomic mass is 15.2. The van der Waals surface area contributed by atoms with Gasteiger partial charge in [0.1, 0.15) is 5.82 Å². The fourth-order valence-corrected chi connectivity index (χ4v) is 1.62. The van der Waals surface area contributed by atoms with Gasteiger partial charge in [-0.2, -0.15) is 5.10 Å². The molecule has 2 heterocycles. The summed E-state index contributed by atoms with van der Waals surface area (Å²) in [6.07, 6.45) is 9.36. The van der Waals surface area contributed by atoms with Gasteiger partial charge in [-0.25, -0.2) is 4.98 Å². The summed E-state index contributed by atoms with van der Waals surface area (Å²) in [5.41, 5.74) is 2.11. The van der Waals surface area contributed by atoms with E-state index in [9.17, 15) is 0 Å². The SMILES string of the molecule is C/C=C\N=C(C)CC.CCc1nccn1-c1ccc(C)nn1. The number of hydrogen-bond donors (Lipinski definition) is 0. The summed E-state index contributed by atoms with van der Waals surface area (Å²) in [5.74, 6) is 1.83. The number of aliphatic imine (C=N–C) groups is 1. The van der Waals surface area contributed by atoms with Crippen molar-refractivity contribution in [3.05, 3.63) is 48.3 Å². The first-order chi connectivity index (χ1) is 10.6. The van der Waals surface area contributed by atoms with Crippen LogP contribution < -0.4 is 0 Å². The molecule has 0 N–H and O–H groups in total. The molecule has 2 rings (SSSR count). The summed E-state index contributed by atoms with van der Waals surface area (Å²) in [5, 5.41) is 8.11. The van der Waals surface area contributed by atoms with Crippen LogP contribution in [0.4, 0.5) is 0 Å². The van der Waals surface area contributed by atoms with E-state index >= 15 is 0 Å². The maximum absolute atomic E-state index is 4.23. The van der Waals surface area contributed by atoms with Crippen LogP contribution in [0.15, 0.2) is 41.8 Å². The molecule has 0 aromatic carbocycles. The molecule has 0 fully saturated rings. The Hall–Kier alpha value is -2.30. The third-order valence-electron chi connectivity index (χ3n) is 3.02. The van der Waals surface area contributed by atoms with Crippen molar-refractivity contribution in [3.63, 3.8) is 0 Å². The highest BCUT2D eigenvalue weighted by Gasteiger charge is 2.03. The number of imidazole rings is 1. The van der Waals surface area contributed by atoms with Gasteiger partial charge in [0.25, 0.3) is 0 Å². The molecular weight excluding hydrogens is 274 g/mol. The maximum atomic E-state index is 4.23. The van der Waals surface area contributed by atoms with E-state index in [4.69, 9.17) is 0 Å². The van der Waals surface area contributed by atoms with Gasteiger partial charge in [0.15, 0.2) is 5.82 Å². The largest absolute Gasteiger partial charge is 0.286 e. The fraction of sp³-hybridized carbons (Fsp3) is 0.412. The Morgan fingerprint density at radius 2 is 2.05 bits per heavy atom. The number of hydrogen-bond acceptors (Lipinski definition) is 4. The number of nitrogens with zero attached hydrogens (tertiary/aromatic N) is 5. The Morgan fingerprint density at radius 1 is 1.27 bits per heavy atom. The first-order valence-corrected chi connectivity index (χ1v) is 7.59. The lowest BCUT2D eigenvalue weighted by Gasteiger charge is -2.03. The molecule has 5 nitrogen and oxygen atoms in total. The van der Waals surface area contributed by atoms with Gasteiger partial charge in [-0.15, -0.1) is 5.10 Å². The highest BCUT2D eigenvalue weighted by Crippen LogP contribution is 2.07. The van der Waals surface area contributed by atoms with Gasteiger partial charge >= 0.3 is 0 Å². The van der Waals surface area contributed by atoms with Crippen molar-refractivity contribution in [1.29, 1.82) is 0 Å². The maximum Gasteiger partial charge on any atom is 0.160 e. The molecule has 0 saturated heterocycles. The van der Waals surface area contributed by atoms with Crippen LogP contribution in [-0.2, 0) is 6.42 Å². The minimum absolute atomic E-state index is 0.824. The minimum atomic E-state index is 0.824. The van der Waals surface area contributed by atoms with E-state index in [1.165, 1.54) is 5.71 Å². The summed E-state index contributed by atoms with van der Waals surface area (Å²) in [6.45, 7) is 10.1. The first kappa shape index (κ1) is 17.8. The molecule has 0 aliphatic heterocycles. The van der Waals surface area contributed by atoms with Gasteiger partial charge in [0.2, 0.25) is 0 Å². The van der Waals surface area contributed by atoms with Gasteiger partial charge in [-0.05, 0) is 39.3 Å². The molecule has 0 unspecified atom stereocenters. The summed E-state index contributed by atoms with van der Waals surface area (Å²) in [6, 6.07) is 3.89. The Kier molecular flexibility index (Phi) is 7.75. The van der Waals surface area contributed by atoms with Crippen molar-refractivity contribution in [1.82, 2.24) is 19.7 Å². The normalized spacial score (nSPS) is 11.4. The number of aryl methyl sites for hydroxylation is 2. The number of aromatic nitrogens is 4. The van der Waals surface area contributed by atoms with E-state index in [1.807, 2.05) is 55.9 Å². The Labute approximate surface area is 132 Å².